The maximum absolute atomic E-state index is 12.7. The van der Waals surface area contributed by atoms with Gasteiger partial charge in [-0.15, -0.1) is 11.3 Å². The lowest BCUT2D eigenvalue weighted by Gasteiger charge is -2.30. The second-order valence-corrected chi connectivity index (χ2v) is 7.73. The highest BCUT2D eigenvalue weighted by atomic mass is 32.1. The van der Waals surface area contributed by atoms with Crippen molar-refractivity contribution in [1.82, 2.24) is 10.3 Å². The predicted molar refractivity (Wildman–Crippen MR) is 106 cm³/mol. The smallest absolute Gasteiger partial charge is 0.263 e. The molecule has 1 aliphatic heterocycles. The van der Waals surface area contributed by atoms with Crippen LogP contribution in [0.3, 0.4) is 0 Å². The second kappa shape index (κ2) is 8.64. The number of thiazole rings is 1. The van der Waals surface area contributed by atoms with Gasteiger partial charge < -0.3 is 15.0 Å². The molecule has 1 saturated heterocycles. The number of nitrogens with zero attached hydrogens (tertiary/aromatic N) is 2. The Morgan fingerprint density at radius 1 is 1.31 bits per heavy atom. The summed E-state index contributed by atoms with van der Waals surface area (Å²) in [6.45, 7) is 6.53. The number of benzene rings is 1. The fourth-order valence-corrected chi connectivity index (χ4v) is 4.27. The topological polar surface area (TPSA) is 54.5 Å². The minimum Gasteiger partial charge on any atom is -0.375 e. The van der Waals surface area contributed by atoms with E-state index in [1.165, 1.54) is 36.3 Å². The molecule has 1 fully saturated rings. The number of rotatable bonds is 6. The van der Waals surface area contributed by atoms with Gasteiger partial charge in [0, 0.05) is 32.4 Å². The number of piperidine rings is 1. The van der Waals surface area contributed by atoms with Gasteiger partial charge in [-0.2, -0.15) is 0 Å². The van der Waals surface area contributed by atoms with Crippen LogP contribution in [0.4, 0.5) is 5.69 Å². The Morgan fingerprint density at radius 3 is 2.77 bits per heavy atom. The fourth-order valence-electron chi connectivity index (χ4n) is 3.26. The summed E-state index contributed by atoms with van der Waals surface area (Å²) in [5, 5.41) is 3.91. The zero-order valence-corrected chi connectivity index (χ0v) is 16.6. The van der Waals surface area contributed by atoms with Crippen molar-refractivity contribution in [1.29, 1.82) is 0 Å². The average molecular weight is 374 g/mol. The van der Waals surface area contributed by atoms with Crippen LogP contribution in [0, 0.1) is 6.92 Å². The Labute approximate surface area is 159 Å². The van der Waals surface area contributed by atoms with Crippen molar-refractivity contribution in [3.05, 3.63) is 45.4 Å². The van der Waals surface area contributed by atoms with Crippen molar-refractivity contribution < 1.29 is 9.53 Å². The van der Waals surface area contributed by atoms with E-state index in [0.29, 0.717) is 11.4 Å². The average Bonchev–Trinajstić information content (AvgIpc) is 3.08. The summed E-state index contributed by atoms with van der Waals surface area (Å²) in [6, 6.07) is 8.36. The zero-order valence-electron chi connectivity index (χ0n) is 15.7. The van der Waals surface area contributed by atoms with Crippen LogP contribution in [-0.4, -0.2) is 31.1 Å². The van der Waals surface area contributed by atoms with Crippen LogP contribution in [0.2, 0.25) is 0 Å². The van der Waals surface area contributed by atoms with Crippen molar-refractivity contribution in [2.45, 2.75) is 45.8 Å². The largest absolute Gasteiger partial charge is 0.375 e. The van der Waals surface area contributed by atoms with Gasteiger partial charge in [0.2, 0.25) is 0 Å². The van der Waals surface area contributed by atoms with Gasteiger partial charge in [0.05, 0.1) is 5.69 Å². The highest BCUT2D eigenvalue weighted by Crippen LogP contribution is 2.26. The van der Waals surface area contributed by atoms with Crippen molar-refractivity contribution in [3.8, 4) is 0 Å². The standard InChI is InChI=1S/C20H27N3O2S/c1-14-18(26-20(22-14)15(2)25-3)19(24)21-13-16-9-5-6-10-17(16)23-11-7-4-8-12-23/h5-6,9-10,15H,4,7-8,11-13H2,1-3H3,(H,21,24)/t15-/m1/s1. The number of nitrogens with one attached hydrogen (secondary N) is 1. The minimum atomic E-state index is -0.0972. The van der Waals surface area contributed by atoms with Crippen LogP contribution >= 0.6 is 11.3 Å². The molecule has 0 radical (unpaired) electrons. The number of hydrogen-bond acceptors (Lipinski definition) is 5. The number of anilines is 1. The van der Waals surface area contributed by atoms with Crippen LogP contribution in [0.15, 0.2) is 24.3 Å². The van der Waals surface area contributed by atoms with E-state index in [1.54, 1.807) is 7.11 Å². The van der Waals surface area contributed by atoms with Crippen LogP contribution in [0.25, 0.3) is 0 Å². The highest BCUT2D eigenvalue weighted by Gasteiger charge is 2.19. The van der Waals surface area contributed by atoms with E-state index >= 15 is 0 Å². The molecule has 0 saturated carbocycles. The molecule has 2 heterocycles. The summed E-state index contributed by atoms with van der Waals surface area (Å²) in [5.74, 6) is -0.0667. The van der Waals surface area contributed by atoms with E-state index in [4.69, 9.17) is 4.74 Å². The number of methoxy groups -OCH3 is 1. The number of carbonyl (C=O) groups excluding carboxylic acids is 1. The molecule has 3 rings (SSSR count). The lowest BCUT2D eigenvalue weighted by atomic mass is 10.1. The molecule has 1 aliphatic rings. The number of hydrogen-bond donors (Lipinski definition) is 1. The van der Waals surface area contributed by atoms with E-state index in [2.05, 4.69) is 33.4 Å². The molecule has 0 bridgehead atoms. The Morgan fingerprint density at radius 2 is 2.04 bits per heavy atom. The highest BCUT2D eigenvalue weighted by molar-refractivity contribution is 7.13. The van der Waals surface area contributed by atoms with Crippen molar-refractivity contribution in [2.24, 2.45) is 0 Å². The molecule has 1 N–H and O–H groups in total. The maximum Gasteiger partial charge on any atom is 0.263 e. The molecule has 1 aromatic carbocycles. The first-order valence-corrected chi connectivity index (χ1v) is 10.0. The van der Waals surface area contributed by atoms with Gasteiger partial charge in [-0.1, -0.05) is 18.2 Å². The molecule has 1 atom stereocenters. The normalized spacial score (nSPS) is 15.7. The molecule has 0 spiro atoms. The Bertz CT molecular complexity index is 753. The number of aromatic nitrogens is 1. The van der Waals surface area contributed by atoms with Crippen LogP contribution < -0.4 is 10.2 Å². The summed E-state index contributed by atoms with van der Waals surface area (Å²) in [5.41, 5.74) is 3.16. The van der Waals surface area contributed by atoms with Gasteiger partial charge in [-0.05, 0) is 44.7 Å². The first-order chi connectivity index (χ1) is 12.6. The molecule has 0 aliphatic carbocycles. The SMILES string of the molecule is CO[C@H](C)c1nc(C)c(C(=O)NCc2ccccc2N2CCCCC2)s1. The molecule has 140 valence electrons. The first-order valence-electron chi connectivity index (χ1n) is 9.21. The number of ether oxygens (including phenoxy) is 1. The number of amides is 1. The van der Waals surface area contributed by atoms with Gasteiger partial charge in [-0.25, -0.2) is 4.98 Å². The third kappa shape index (κ3) is 4.24. The molecule has 2 aromatic rings. The number of aryl methyl sites for hydroxylation is 1. The third-order valence-corrected chi connectivity index (χ3v) is 6.17. The number of para-hydroxylation sites is 1. The number of carbonyl (C=O) groups is 1. The quantitative estimate of drug-likeness (QED) is 0.829. The summed E-state index contributed by atoms with van der Waals surface area (Å²) >= 11 is 1.41. The molecule has 1 amide bonds. The summed E-state index contributed by atoms with van der Waals surface area (Å²) < 4.78 is 5.31. The van der Waals surface area contributed by atoms with E-state index in [0.717, 1.165) is 29.4 Å². The maximum atomic E-state index is 12.7. The summed E-state index contributed by atoms with van der Waals surface area (Å²) in [7, 11) is 1.65. The molecule has 26 heavy (non-hydrogen) atoms. The van der Waals surface area contributed by atoms with Crippen LogP contribution in [0.1, 0.15) is 58.2 Å². The second-order valence-electron chi connectivity index (χ2n) is 6.70. The molecule has 5 nitrogen and oxygen atoms in total. The van der Waals surface area contributed by atoms with E-state index < -0.39 is 0 Å². The lowest BCUT2D eigenvalue weighted by Crippen LogP contribution is -2.31. The van der Waals surface area contributed by atoms with Gasteiger partial charge in [0.1, 0.15) is 16.0 Å². The van der Waals surface area contributed by atoms with Crippen LogP contribution in [0.5, 0.6) is 0 Å². The van der Waals surface area contributed by atoms with Crippen molar-refractivity contribution >= 4 is 22.9 Å². The van der Waals surface area contributed by atoms with E-state index in [-0.39, 0.29) is 12.0 Å². The Hall–Kier alpha value is -1.92. The van der Waals surface area contributed by atoms with Gasteiger partial charge in [0.25, 0.3) is 5.91 Å². The van der Waals surface area contributed by atoms with Gasteiger partial charge >= 0.3 is 0 Å². The zero-order chi connectivity index (χ0) is 18.5. The van der Waals surface area contributed by atoms with E-state index in [1.807, 2.05) is 19.9 Å². The molecule has 6 heteroatoms. The first kappa shape index (κ1) is 18.9. The summed E-state index contributed by atoms with van der Waals surface area (Å²) in [4.78, 5) is 20.2. The van der Waals surface area contributed by atoms with Gasteiger partial charge in [0.15, 0.2) is 0 Å². The molecule has 0 unspecified atom stereocenters. The van der Waals surface area contributed by atoms with Crippen LogP contribution in [-0.2, 0) is 11.3 Å². The Kier molecular flexibility index (Phi) is 6.27. The predicted octanol–water partition coefficient (Wildman–Crippen LogP) is 4.08. The molecular formula is C20H27N3O2S. The monoisotopic (exact) mass is 373 g/mol. The molecule has 1 aromatic heterocycles. The van der Waals surface area contributed by atoms with E-state index in [9.17, 15) is 4.79 Å². The van der Waals surface area contributed by atoms with Crippen molar-refractivity contribution in [3.63, 3.8) is 0 Å². The Balaban J connectivity index is 1.69. The fraction of sp³-hybridized carbons (Fsp3) is 0.500. The van der Waals surface area contributed by atoms with Crippen molar-refractivity contribution in [2.75, 3.05) is 25.1 Å². The summed E-state index contributed by atoms with van der Waals surface area (Å²) in [6.07, 6.45) is 3.69. The minimum absolute atomic E-state index is 0.0667. The van der Waals surface area contributed by atoms with Gasteiger partial charge in [-0.3, -0.25) is 4.79 Å². The molecular weight excluding hydrogens is 346 g/mol. The third-order valence-electron chi connectivity index (χ3n) is 4.85. The lowest BCUT2D eigenvalue weighted by molar-refractivity contribution is 0.0954.